The zero-order valence-corrected chi connectivity index (χ0v) is 22.9. The first-order valence-electron chi connectivity index (χ1n) is 9.55. The van der Waals surface area contributed by atoms with Gasteiger partial charge in [-0.25, -0.2) is 9.78 Å². The third-order valence-electron chi connectivity index (χ3n) is 4.44. The first-order chi connectivity index (χ1) is 15.6. The summed E-state index contributed by atoms with van der Waals surface area (Å²) < 4.78 is 17.4. The SMILES string of the molecule is O=C(CN(Sc1ccccc1)c1ncc(NSc2ccc(O)cc2)c2ccccc12)OF.[CH3-].[Ce]. The fraction of sp³-hybridized carbons (Fsp3) is 0.0417. The van der Waals surface area contributed by atoms with E-state index in [4.69, 9.17) is 0 Å². The number of benzene rings is 3. The number of fused-ring (bicyclic) bond motifs is 1. The molecule has 0 radical (unpaired) electrons. The van der Waals surface area contributed by atoms with Crippen LogP contribution in [0.3, 0.4) is 0 Å². The molecule has 6 nitrogen and oxygen atoms in total. The summed E-state index contributed by atoms with van der Waals surface area (Å²) in [6.07, 6.45) is 1.67. The third-order valence-corrected chi connectivity index (χ3v) is 6.28. The summed E-state index contributed by atoms with van der Waals surface area (Å²) >= 11 is 2.66. The average molecular weight is 623 g/mol. The Labute approximate surface area is 239 Å². The van der Waals surface area contributed by atoms with E-state index in [1.54, 1.807) is 34.8 Å². The summed E-state index contributed by atoms with van der Waals surface area (Å²) in [4.78, 5) is 21.5. The summed E-state index contributed by atoms with van der Waals surface area (Å²) in [5, 5.41) is 11.1. The zero-order valence-electron chi connectivity index (χ0n) is 18.1. The Bertz CT molecular complexity index is 1220. The number of halogens is 1. The molecule has 1 heterocycles. The molecular weight excluding hydrogens is 602 g/mol. The number of nitrogens with zero attached hydrogens (tertiary/aromatic N) is 2. The number of aromatic hydroxyl groups is 1. The molecular formula is C24H21CeFN3O3S2-. The number of anilines is 2. The molecule has 0 bridgehead atoms. The molecule has 174 valence electrons. The molecule has 0 unspecified atom stereocenters. The maximum Gasteiger partial charge on any atom is 0.368 e. The number of pyridine rings is 1. The van der Waals surface area contributed by atoms with Crippen molar-refractivity contribution in [3.63, 3.8) is 0 Å². The van der Waals surface area contributed by atoms with Gasteiger partial charge in [0.2, 0.25) is 0 Å². The Morgan fingerprint density at radius 2 is 1.62 bits per heavy atom. The Kier molecular flexibility index (Phi) is 11.4. The molecule has 0 atom stereocenters. The van der Waals surface area contributed by atoms with E-state index >= 15 is 0 Å². The van der Waals surface area contributed by atoms with Gasteiger partial charge in [-0.15, -0.1) is 0 Å². The van der Waals surface area contributed by atoms with E-state index in [0.717, 1.165) is 26.3 Å². The summed E-state index contributed by atoms with van der Waals surface area (Å²) in [7, 11) is 0. The van der Waals surface area contributed by atoms with Crippen molar-refractivity contribution in [2.75, 3.05) is 15.6 Å². The molecule has 10 heteroatoms. The van der Waals surface area contributed by atoms with Crippen LogP contribution in [0.15, 0.2) is 94.9 Å². The molecule has 0 aliphatic carbocycles. The smallest absolute Gasteiger partial charge is 0.368 e. The van der Waals surface area contributed by atoms with Crippen molar-refractivity contribution in [3.05, 3.63) is 92.5 Å². The standard InChI is InChI=1S/C23H18FN3O3S2.CH3.Ce/c24-30-22(29)15-27(32-18-6-2-1-3-7-18)23-20-9-5-4-8-19(20)21(14-25-23)26-31-17-12-10-16(28)11-13-17;;/h1-14,26,28H,15H2;1H3;/q;-1;. The molecule has 0 aliphatic rings. The van der Waals surface area contributed by atoms with Crippen molar-refractivity contribution < 1.29 is 61.1 Å². The molecule has 3 aromatic carbocycles. The summed E-state index contributed by atoms with van der Waals surface area (Å²) in [5.74, 6) is -0.293. The molecule has 0 saturated carbocycles. The summed E-state index contributed by atoms with van der Waals surface area (Å²) in [6.45, 7) is -0.317. The van der Waals surface area contributed by atoms with Crippen LogP contribution in [-0.4, -0.2) is 22.6 Å². The zero-order chi connectivity index (χ0) is 22.3. The minimum absolute atomic E-state index is 0. The number of phenolic OH excluding ortho intramolecular Hbond substituents is 1. The van der Waals surface area contributed by atoms with Gasteiger partial charge in [-0.2, -0.15) is 0 Å². The minimum atomic E-state index is -1.01. The third kappa shape index (κ3) is 7.22. The summed E-state index contributed by atoms with van der Waals surface area (Å²) in [5.41, 5.74) is 0.778. The van der Waals surface area contributed by atoms with Crippen LogP contribution in [-0.2, 0) is 9.74 Å². The van der Waals surface area contributed by atoms with Gasteiger partial charge in [0.15, 0.2) is 0 Å². The molecule has 0 amide bonds. The average Bonchev–Trinajstić information content (AvgIpc) is 2.83. The van der Waals surface area contributed by atoms with Gasteiger partial charge in [0.25, 0.3) is 0 Å². The van der Waals surface area contributed by atoms with E-state index in [0.29, 0.717) is 5.82 Å². The van der Waals surface area contributed by atoms with Crippen molar-refractivity contribution in [1.82, 2.24) is 4.98 Å². The molecule has 0 spiro atoms. The van der Waals surface area contributed by atoms with E-state index in [2.05, 4.69) is 14.6 Å². The second kappa shape index (κ2) is 13.7. The van der Waals surface area contributed by atoms with E-state index in [1.165, 1.54) is 23.9 Å². The van der Waals surface area contributed by atoms with E-state index in [1.807, 2.05) is 54.6 Å². The van der Waals surface area contributed by atoms with Crippen LogP contribution in [0.4, 0.5) is 16.0 Å². The second-order valence-electron chi connectivity index (χ2n) is 6.63. The summed E-state index contributed by atoms with van der Waals surface area (Å²) in [6, 6.07) is 23.9. The number of phenols is 1. The van der Waals surface area contributed by atoms with E-state index < -0.39 is 5.97 Å². The number of aromatic nitrogens is 1. The molecule has 34 heavy (non-hydrogen) atoms. The van der Waals surface area contributed by atoms with Gasteiger partial charge in [-0.1, -0.05) is 42.5 Å². The van der Waals surface area contributed by atoms with Gasteiger partial charge in [-0.3, -0.25) is 9.25 Å². The second-order valence-corrected chi connectivity index (χ2v) is 8.60. The maximum absolute atomic E-state index is 12.5. The topological polar surface area (TPSA) is 74.7 Å². The largest absolute Gasteiger partial charge is 0.508 e. The van der Waals surface area contributed by atoms with Crippen LogP contribution in [0.5, 0.6) is 5.75 Å². The van der Waals surface area contributed by atoms with Gasteiger partial charge in [0, 0.05) is 66.8 Å². The number of nitrogens with one attached hydrogen (secondary N) is 1. The Morgan fingerprint density at radius 1 is 0.971 bits per heavy atom. The van der Waals surface area contributed by atoms with Gasteiger partial charge >= 0.3 is 5.97 Å². The first-order valence-corrected chi connectivity index (χ1v) is 11.1. The number of hydrogen-bond acceptors (Lipinski definition) is 8. The van der Waals surface area contributed by atoms with Crippen LogP contribution in [0.25, 0.3) is 10.8 Å². The molecule has 4 aromatic rings. The van der Waals surface area contributed by atoms with Gasteiger partial charge in [-0.05, 0) is 60.3 Å². The quantitative estimate of drug-likeness (QED) is 0.172. The Hall–Kier alpha value is -2.05. The molecule has 1 aromatic heterocycles. The Balaban J connectivity index is 0.00000204. The maximum atomic E-state index is 12.5. The van der Waals surface area contributed by atoms with Crippen molar-refractivity contribution in [1.29, 1.82) is 0 Å². The van der Waals surface area contributed by atoms with Crippen LogP contribution in [0.1, 0.15) is 0 Å². The molecule has 4 rings (SSSR count). The number of hydrogen-bond donors (Lipinski definition) is 2. The van der Waals surface area contributed by atoms with Crippen molar-refractivity contribution in [2.24, 2.45) is 0 Å². The number of carbonyl (C=O) groups is 1. The van der Waals surface area contributed by atoms with Crippen LogP contribution in [0, 0.1) is 49.2 Å². The Morgan fingerprint density at radius 3 is 2.29 bits per heavy atom. The fourth-order valence-corrected chi connectivity index (χ4v) is 4.58. The minimum Gasteiger partial charge on any atom is -0.508 e. The van der Waals surface area contributed by atoms with Crippen molar-refractivity contribution in [3.8, 4) is 5.75 Å². The van der Waals surface area contributed by atoms with Crippen LogP contribution >= 0.6 is 23.9 Å². The van der Waals surface area contributed by atoms with E-state index in [-0.39, 0.29) is 61.5 Å². The van der Waals surface area contributed by atoms with Gasteiger partial charge in [0.05, 0.1) is 11.9 Å². The van der Waals surface area contributed by atoms with Gasteiger partial charge in [0.1, 0.15) is 18.1 Å². The molecule has 0 aliphatic heterocycles. The van der Waals surface area contributed by atoms with Crippen LogP contribution in [0.2, 0.25) is 0 Å². The fourth-order valence-electron chi connectivity index (χ4n) is 2.99. The molecule has 0 saturated heterocycles. The van der Waals surface area contributed by atoms with E-state index in [9.17, 15) is 14.4 Å². The predicted octanol–water partition coefficient (Wildman–Crippen LogP) is 6.45. The number of carbonyl (C=O) groups excluding carboxylic acids is 1. The predicted molar refractivity (Wildman–Crippen MR) is 133 cm³/mol. The first kappa shape index (κ1) is 28.2. The normalized spacial score (nSPS) is 10.0. The number of rotatable bonds is 8. The van der Waals surface area contributed by atoms with Crippen LogP contribution < -0.4 is 9.03 Å². The molecule has 2 N–H and O–H groups in total. The van der Waals surface area contributed by atoms with Crippen molar-refractivity contribution >= 4 is 52.1 Å². The van der Waals surface area contributed by atoms with Crippen molar-refractivity contribution in [2.45, 2.75) is 9.79 Å². The van der Waals surface area contributed by atoms with Gasteiger partial charge < -0.3 is 17.3 Å². The monoisotopic (exact) mass is 622 g/mol. The molecule has 0 fully saturated rings.